The number of aromatic amines is 1. The highest BCUT2D eigenvalue weighted by Gasteiger charge is 2.18. The molecule has 0 aliphatic carbocycles. The topological polar surface area (TPSA) is 53.1 Å². The van der Waals surface area contributed by atoms with Crippen molar-refractivity contribution < 1.29 is 9.90 Å². The van der Waals surface area contributed by atoms with E-state index in [1.54, 1.807) is 0 Å². The Morgan fingerprint density at radius 3 is 2.42 bits per heavy atom. The summed E-state index contributed by atoms with van der Waals surface area (Å²) in [6, 6.07) is 17.3. The second kappa shape index (κ2) is 4.71. The van der Waals surface area contributed by atoms with Crippen molar-refractivity contribution in [1.29, 1.82) is 0 Å². The molecule has 2 aromatic carbocycles. The monoisotopic (exact) mass is 251 g/mol. The third-order valence-electron chi connectivity index (χ3n) is 3.19. The van der Waals surface area contributed by atoms with Gasteiger partial charge in [-0.05, 0) is 11.6 Å². The van der Waals surface area contributed by atoms with Crippen LogP contribution >= 0.6 is 0 Å². The molecule has 94 valence electrons. The summed E-state index contributed by atoms with van der Waals surface area (Å²) in [5.41, 5.74) is 3.17. The number of aliphatic hydroxyl groups is 1. The minimum Gasteiger partial charge on any atom is -0.388 e. The van der Waals surface area contributed by atoms with Gasteiger partial charge in [-0.2, -0.15) is 0 Å². The molecule has 0 saturated heterocycles. The molecule has 0 radical (unpaired) electrons. The molecular weight excluding hydrogens is 238 g/mol. The van der Waals surface area contributed by atoms with E-state index in [4.69, 9.17) is 0 Å². The maximum absolute atomic E-state index is 12.0. The Morgan fingerprint density at radius 2 is 1.68 bits per heavy atom. The number of nitrogens with one attached hydrogen (secondary N) is 1. The number of aromatic nitrogens is 1. The van der Waals surface area contributed by atoms with E-state index in [1.807, 2.05) is 54.6 Å². The van der Waals surface area contributed by atoms with Gasteiger partial charge < -0.3 is 10.1 Å². The molecule has 1 aromatic heterocycles. The maximum atomic E-state index is 12.0. The van der Waals surface area contributed by atoms with E-state index in [9.17, 15) is 9.90 Å². The van der Waals surface area contributed by atoms with Crippen LogP contribution in [0.2, 0.25) is 0 Å². The molecule has 0 atom stereocenters. The molecule has 0 aliphatic heterocycles. The van der Waals surface area contributed by atoms with Gasteiger partial charge in [-0.25, -0.2) is 0 Å². The smallest absolute Gasteiger partial charge is 0.190 e. The highest BCUT2D eigenvalue weighted by molar-refractivity contribution is 6.13. The van der Waals surface area contributed by atoms with Gasteiger partial charge >= 0.3 is 0 Å². The summed E-state index contributed by atoms with van der Waals surface area (Å²) >= 11 is 0. The maximum Gasteiger partial charge on any atom is 0.190 e. The summed E-state index contributed by atoms with van der Waals surface area (Å²) in [7, 11) is 0. The first-order valence-electron chi connectivity index (χ1n) is 6.11. The summed E-state index contributed by atoms with van der Waals surface area (Å²) in [5, 5.41) is 10.0. The molecule has 3 aromatic rings. The van der Waals surface area contributed by atoms with Gasteiger partial charge in [-0.3, -0.25) is 4.79 Å². The number of para-hydroxylation sites is 1. The van der Waals surface area contributed by atoms with Crippen molar-refractivity contribution in [3.05, 3.63) is 60.2 Å². The Labute approximate surface area is 110 Å². The predicted molar refractivity (Wildman–Crippen MR) is 75.2 cm³/mol. The second-order valence-electron chi connectivity index (χ2n) is 4.37. The van der Waals surface area contributed by atoms with Crippen LogP contribution in [-0.4, -0.2) is 22.5 Å². The lowest BCUT2D eigenvalue weighted by atomic mass is 10.0. The highest BCUT2D eigenvalue weighted by Crippen LogP contribution is 2.30. The number of benzene rings is 2. The Bertz CT molecular complexity index is 729. The van der Waals surface area contributed by atoms with Gasteiger partial charge in [0, 0.05) is 10.9 Å². The van der Waals surface area contributed by atoms with Crippen molar-refractivity contribution in [2.45, 2.75) is 0 Å². The summed E-state index contributed by atoms with van der Waals surface area (Å²) in [5.74, 6) is -0.267. The van der Waals surface area contributed by atoms with Crippen LogP contribution in [0.3, 0.4) is 0 Å². The van der Waals surface area contributed by atoms with Crippen molar-refractivity contribution in [2.75, 3.05) is 6.61 Å². The zero-order chi connectivity index (χ0) is 13.2. The Kier molecular flexibility index (Phi) is 2.89. The molecule has 0 fully saturated rings. The SMILES string of the molecule is O=C(CO)c1c(-c2ccccc2)[nH]c2ccccc12. The lowest BCUT2D eigenvalue weighted by Gasteiger charge is -2.02. The summed E-state index contributed by atoms with van der Waals surface area (Å²) < 4.78 is 0. The molecule has 3 heteroatoms. The fraction of sp³-hybridized carbons (Fsp3) is 0.0625. The van der Waals surface area contributed by atoms with Gasteiger partial charge in [0.1, 0.15) is 6.61 Å². The Balaban J connectivity index is 2.32. The van der Waals surface area contributed by atoms with Gasteiger partial charge in [0.25, 0.3) is 0 Å². The first-order valence-corrected chi connectivity index (χ1v) is 6.11. The number of ketones is 1. The standard InChI is InChI=1S/C16H13NO2/c18-10-14(19)15-12-8-4-5-9-13(12)17-16(15)11-6-2-1-3-7-11/h1-9,17-18H,10H2. The van der Waals surface area contributed by atoms with Gasteiger partial charge in [0.15, 0.2) is 5.78 Å². The lowest BCUT2D eigenvalue weighted by Crippen LogP contribution is -2.05. The van der Waals surface area contributed by atoms with Crippen molar-refractivity contribution in [3.63, 3.8) is 0 Å². The molecule has 3 nitrogen and oxygen atoms in total. The van der Waals surface area contributed by atoms with E-state index in [0.717, 1.165) is 22.2 Å². The second-order valence-corrected chi connectivity index (χ2v) is 4.37. The normalized spacial score (nSPS) is 10.8. The predicted octanol–water partition coefficient (Wildman–Crippen LogP) is 3.01. The minimum absolute atomic E-state index is 0.267. The molecule has 0 unspecified atom stereocenters. The fourth-order valence-electron chi connectivity index (χ4n) is 2.33. The lowest BCUT2D eigenvalue weighted by molar-refractivity contribution is 0.0906. The molecule has 3 rings (SSSR count). The molecule has 0 saturated carbocycles. The molecule has 0 aliphatic rings. The van der Waals surface area contributed by atoms with Crippen LogP contribution in [0.4, 0.5) is 0 Å². The number of Topliss-reactive ketones (excluding diaryl/α,β-unsaturated/α-hetero) is 1. The third kappa shape index (κ3) is 1.94. The molecule has 0 bridgehead atoms. The molecule has 0 spiro atoms. The number of carbonyl (C=O) groups excluding carboxylic acids is 1. The van der Waals surface area contributed by atoms with E-state index in [-0.39, 0.29) is 5.78 Å². The van der Waals surface area contributed by atoms with Crippen LogP contribution in [0.5, 0.6) is 0 Å². The van der Waals surface area contributed by atoms with Crippen LogP contribution in [0.1, 0.15) is 10.4 Å². The summed E-state index contributed by atoms with van der Waals surface area (Å²) in [4.78, 5) is 15.3. The zero-order valence-corrected chi connectivity index (χ0v) is 10.3. The van der Waals surface area contributed by atoms with Crippen molar-refractivity contribution in [1.82, 2.24) is 4.98 Å². The van der Waals surface area contributed by atoms with E-state index in [0.29, 0.717) is 5.56 Å². The molecule has 0 amide bonds. The number of hydrogen-bond acceptors (Lipinski definition) is 2. The number of fused-ring (bicyclic) bond motifs is 1. The molecular formula is C16H13NO2. The third-order valence-corrected chi connectivity index (χ3v) is 3.19. The van der Waals surface area contributed by atoms with E-state index < -0.39 is 6.61 Å². The number of carbonyl (C=O) groups is 1. The van der Waals surface area contributed by atoms with Gasteiger partial charge in [0.05, 0.1) is 11.3 Å². The van der Waals surface area contributed by atoms with Crippen LogP contribution in [-0.2, 0) is 0 Å². The van der Waals surface area contributed by atoms with E-state index >= 15 is 0 Å². The summed E-state index contributed by atoms with van der Waals surface area (Å²) in [6.45, 7) is -0.484. The Morgan fingerprint density at radius 1 is 1.00 bits per heavy atom. The van der Waals surface area contributed by atoms with E-state index in [2.05, 4.69) is 4.98 Å². The zero-order valence-electron chi connectivity index (χ0n) is 10.3. The number of hydrogen-bond donors (Lipinski definition) is 2. The average Bonchev–Trinajstić information content (AvgIpc) is 2.87. The van der Waals surface area contributed by atoms with Crippen molar-refractivity contribution in [2.24, 2.45) is 0 Å². The van der Waals surface area contributed by atoms with Crippen molar-refractivity contribution >= 4 is 16.7 Å². The van der Waals surface area contributed by atoms with Crippen molar-refractivity contribution in [3.8, 4) is 11.3 Å². The largest absolute Gasteiger partial charge is 0.388 e. The van der Waals surface area contributed by atoms with Gasteiger partial charge in [-0.1, -0.05) is 48.5 Å². The fourth-order valence-corrected chi connectivity index (χ4v) is 2.33. The molecule has 1 heterocycles. The number of rotatable bonds is 3. The summed E-state index contributed by atoms with van der Waals surface area (Å²) in [6.07, 6.45) is 0. The molecule has 19 heavy (non-hydrogen) atoms. The Hall–Kier alpha value is -2.39. The van der Waals surface area contributed by atoms with Crippen LogP contribution < -0.4 is 0 Å². The van der Waals surface area contributed by atoms with Crippen LogP contribution in [0.25, 0.3) is 22.2 Å². The van der Waals surface area contributed by atoms with Crippen LogP contribution in [0.15, 0.2) is 54.6 Å². The van der Waals surface area contributed by atoms with E-state index in [1.165, 1.54) is 0 Å². The van der Waals surface area contributed by atoms with Gasteiger partial charge in [-0.15, -0.1) is 0 Å². The average molecular weight is 251 g/mol. The highest BCUT2D eigenvalue weighted by atomic mass is 16.3. The van der Waals surface area contributed by atoms with Crippen LogP contribution in [0, 0.1) is 0 Å². The quantitative estimate of drug-likeness (QED) is 0.703. The molecule has 2 N–H and O–H groups in total. The first kappa shape index (κ1) is 11.7. The number of H-pyrrole nitrogens is 1. The first-order chi connectivity index (χ1) is 9.31. The van der Waals surface area contributed by atoms with Gasteiger partial charge in [0.2, 0.25) is 0 Å². The number of aliphatic hydroxyl groups excluding tert-OH is 1. The minimum atomic E-state index is -0.484.